The Labute approximate surface area is 211 Å². The smallest absolute Gasteiger partial charge is 0.116 e. The maximum Gasteiger partial charge on any atom is 0.116 e. The van der Waals surface area contributed by atoms with Gasteiger partial charge < -0.3 is 9.88 Å². The van der Waals surface area contributed by atoms with Crippen LogP contribution in [-0.4, -0.2) is 51.2 Å². The molecule has 0 radical (unpaired) electrons. The van der Waals surface area contributed by atoms with E-state index in [1.165, 1.54) is 72.9 Å². The number of hydrogen-bond donors (Lipinski definition) is 2. The number of aromatic amines is 2. The van der Waals surface area contributed by atoms with Gasteiger partial charge in [0.15, 0.2) is 0 Å². The SMILES string of the molecule is c1cc(N2CCCCC2)c2cc(-c3n[nH]c4ccc(-c5cncc(CN6CCCC6)c5)cc34)[nH]c2c1. The minimum Gasteiger partial charge on any atom is -0.371 e. The first-order valence-electron chi connectivity index (χ1n) is 13.3. The van der Waals surface area contributed by atoms with Crippen molar-refractivity contribution in [1.29, 1.82) is 0 Å². The lowest BCUT2D eigenvalue weighted by atomic mass is 10.0. The van der Waals surface area contributed by atoms with Crippen LogP contribution < -0.4 is 4.90 Å². The molecule has 6 nitrogen and oxygen atoms in total. The van der Waals surface area contributed by atoms with Gasteiger partial charge in [-0.2, -0.15) is 5.10 Å². The van der Waals surface area contributed by atoms with Gasteiger partial charge in [0.1, 0.15) is 5.69 Å². The number of nitrogens with one attached hydrogen (secondary N) is 2. The van der Waals surface area contributed by atoms with Crippen molar-refractivity contribution in [2.24, 2.45) is 0 Å². The molecule has 2 N–H and O–H groups in total. The molecule has 2 fully saturated rings. The number of nitrogens with zero attached hydrogens (tertiary/aromatic N) is 4. The molecule has 182 valence electrons. The maximum absolute atomic E-state index is 4.73. The van der Waals surface area contributed by atoms with Gasteiger partial charge in [0.2, 0.25) is 0 Å². The molecule has 6 heteroatoms. The largest absolute Gasteiger partial charge is 0.371 e. The molecule has 0 saturated carbocycles. The van der Waals surface area contributed by atoms with Crippen molar-refractivity contribution in [3.8, 4) is 22.5 Å². The quantitative estimate of drug-likeness (QED) is 0.310. The van der Waals surface area contributed by atoms with Crippen molar-refractivity contribution in [1.82, 2.24) is 25.1 Å². The van der Waals surface area contributed by atoms with Crippen LogP contribution in [0.4, 0.5) is 5.69 Å². The zero-order chi connectivity index (χ0) is 23.9. The Hall–Kier alpha value is -3.64. The summed E-state index contributed by atoms with van der Waals surface area (Å²) >= 11 is 0. The molecule has 2 aliphatic rings. The molecule has 0 spiro atoms. The Morgan fingerprint density at radius 2 is 1.61 bits per heavy atom. The number of anilines is 1. The monoisotopic (exact) mass is 476 g/mol. The summed E-state index contributed by atoms with van der Waals surface area (Å²) < 4.78 is 0. The van der Waals surface area contributed by atoms with E-state index in [-0.39, 0.29) is 0 Å². The highest BCUT2D eigenvalue weighted by molar-refractivity contribution is 6.00. The molecule has 0 bridgehead atoms. The van der Waals surface area contributed by atoms with Crippen molar-refractivity contribution < 1.29 is 0 Å². The number of pyridine rings is 1. The van der Waals surface area contributed by atoms with Crippen LogP contribution in [0, 0.1) is 0 Å². The molecule has 0 atom stereocenters. The van der Waals surface area contributed by atoms with Gasteiger partial charge in [-0.05, 0) is 92.7 Å². The number of likely N-dealkylation sites (tertiary alicyclic amines) is 1. The Morgan fingerprint density at radius 3 is 2.50 bits per heavy atom. The number of hydrogen-bond acceptors (Lipinski definition) is 4. The Bertz CT molecular complexity index is 1520. The fourth-order valence-corrected chi connectivity index (χ4v) is 6.01. The lowest BCUT2D eigenvalue weighted by molar-refractivity contribution is 0.331. The third-order valence-electron chi connectivity index (χ3n) is 7.89. The minimum absolute atomic E-state index is 0.967. The van der Waals surface area contributed by atoms with Crippen LogP contribution >= 0.6 is 0 Å². The highest BCUT2D eigenvalue weighted by Crippen LogP contribution is 2.35. The lowest BCUT2D eigenvalue weighted by Gasteiger charge is -2.29. The summed E-state index contributed by atoms with van der Waals surface area (Å²) in [6.07, 6.45) is 10.5. The Kier molecular flexibility index (Phi) is 5.47. The molecule has 2 aliphatic heterocycles. The van der Waals surface area contributed by atoms with E-state index < -0.39 is 0 Å². The zero-order valence-electron chi connectivity index (χ0n) is 20.6. The summed E-state index contributed by atoms with van der Waals surface area (Å²) in [6, 6.07) is 17.7. The fraction of sp³-hybridized carbons (Fsp3) is 0.333. The number of aromatic nitrogens is 4. The topological polar surface area (TPSA) is 63.8 Å². The van der Waals surface area contributed by atoms with Crippen molar-refractivity contribution in [2.75, 3.05) is 31.1 Å². The van der Waals surface area contributed by atoms with Gasteiger partial charge in [0.25, 0.3) is 0 Å². The molecule has 36 heavy (non-hydrogen) atoms. The molecule has 0 amide bonds. The molecule has 2 aromatic carbocycles. The van der Waals surface area contributed by atoms with E-state index in [0.29, 0.717) is 0 Å². The molecule has 0 unspecified atom stereocenters. The Balaban J connectivity index is 1.25. The number of fused-ring (bicyclic) bond motifs is 2. The van der Waals surface area contributed by atoms with Gasteiger partial charge in [-0.3, -0.25) is 15.0 Å². The summed E-state index contributed by atoms with van der Waals surface area (Å²) in [7, 11) is 0. The van der Waals surface area contributed by atoms with E-state index in [0.717, 1.165) is 47.5 Å². The van der Waals surface area contributed by atoms with Crippen LogP contribution in [-0.2, 0) is 6.54 Å². The first-order chi connectivity index (χ1) is 17.8. The van der Waals surface area contributed by atoms with Crippen LogP contribution in [0.2, 0.25) is 0 Å². The van der Waals surface area contributed by atoms with Crippen LogP contribution in [0.3, 0.4) is 0 Å². The fourth-order valence-electron chi connectivity index (χ4n) is 6.01. The van der Waals surface area contributed by atoms with E-state index in [1.54, 1.807) is 0 Å². The number of H-pyrrole nitrogens is 2. The first kappa shape index (κ1) is 21.6. The summed E-state index contributed by atoms with van der Waals surface area (Å²) in [4.78, 5) is 13.3. The molecule has 7 rings (SSSR count). The molecular weight excluding hydrogens is 444 g/mol. The maximum atomic E-state index is 4.73. The van der Waals surface area contributed by atoms with Gasteiger partial charge in [0.05, 0.1) is 11.2 Å². The second-order valence-electron chi connectivity index (χ2n) is 10.4. The third-order valence-corrected chi connectivity index (χ3v) is 7.89. The second-order valence-corrected chi connectivity index (χ2v) is 10.4. The standard InChI is InChI=1S/C30H32N6/c1-2-13-36(14-3-1)29-8-6-7-26-24(29)17-28(32-26)30-25-16-22(9-10-27(25)33-34-30)23-15-21(18-31-19-23)20-35-11-4-5-12-35/h6-10,15-19,32H,1-5,11-14,20H2,(H,33,34). The average molecular weight is 477 g/mol. The van der Waals surface area contributed by atoms with Gasteiger partial charge in [0, 0.05) is 59.6 Å². The molecular formula is C30H32N6. The van der Waals surface area contributed by atoms with Crippen molar-refractivity contribution in [3.05, 3.63) is 66.5 Å². The van der Waals surface area contributed by atoms with Crippen LogP contribution in [0.25, 0.3) is 44.3 Å². The molecule has 5 aromatic rings. The van der Waals surface area contributed by atoms with Crippen molar-refractivity contribution in [2.45, 2.75) is 38.6 Å². The summed E-state index contributed by atoms with van der Waals surface area (Å²) in [5.74, 6) is 0. The van der Waals surface area contributed by atoms with Crippen LogP contribution in [0.15, 0.2) is 60.9 Å². The summed E-state index contributed by atoms with van der Waals surface area (Å²) in [6.45, 7) is 5.64. The van der Waals surface area contributed by atoms with Gasteiger partial charge >= 0.3 is 0 Å². The van der Waals surface area contributed by atoms with Gasteiger partial charge in [-0.15, -0.1) is 0 Å². The van der Waals surface area contributed by atoms with E-state index >= 15 is 0 Å². The average Bonchev–Trinajstić information content (AvgIpc) is 3.68. The molecule has 0 aliphatic carbocycles. The number of piperidine rings is 1. The normalized spacial score (nSPS) is 16.9. The molecule has 2 saturated heterocycles. The third kappa shape index (κ3) is 3.95. The highest BCUT2D eigenvalue weighted by Gasteiger charge is 2.18. The summed E-state index contributed by atoms with van der Waals surface area (Å²) in [5, 5.41) is 10.4. The van der Waals surface area contributed by atoms with Crippen LogP contribution in [0.1, 0.15) is 37.7 Å². The van der Waals surface area contributed by atoms with E-state index in [1.807, 2.05) is 12.4 Å². The molecule has 3 aromatic heterocycles. The van der Waals surface area contributed by atoms with Crippen molar-refractivity contribution >= 4 is 27.5 Å². The van der Waals surface area contributed by atoms with Gasteiger partial charge in [-0.25, -0.2) is 0 Å². The number of rotatable bonds is 5. The summed E-state index contributed by atoms with van der Waals surface area (Å²) in [5.41, 5.74) is 9.17. The highest BCUT2D eigenvalue weighted by atomic mass is 15.1. The molecule has 5 heterocycles. The minimum atomic E-state index is 0.967. The number of benzene rings is 2. The van der Waals surface area contributed by atoms with E-state index in [4.69, 9.17) is 5.10 Å². The Morgan fingerprint density at radius 1 is 0.750 bits per heavy atom. The van der Waals surface area contributed by atoms with Gasteiger partial charge in [-0.1, -0.05) is 12.1 Å². The lowest BCUT2D eigenvalue weighted by Crippen LogP contribution is -2.29. The predicted octanol–water partition coefficient (Wildman–Crippen LogP) is 6.36. The van der Waals surface area contributed by atoms with E-state index in [9.17, 15) is 0 Å². The van der Waals surface area contributed by atoms with Crippen molar-refractivity contribution in [3.63, 3.8) is 0 Å². The van der Waals surface area contributed by atoms with Crippen LogP contribution in [0.5, 0.6) is 0 Å². The zero-order valence-corrected chi connectivity index (χ0v) is 20.6. The predicted molar refractivity (Wildman–Crippen MR) is 147 cm³/mol. The first-order valence-corrected chi connectivity index (χ1v) is 13.3. The second kappa shape index (κ2) is 9.10. The van der Waals surface area contributed by atoms with E-state index in [2.05, 4.69) is 73.4 Å².